The van der Waals surface area contributed by atoms with Crippen LogP contribution in [-0.4, -0.2) is 42.5 Å². The average molecular weight is 443 g/mol. The average Bonchev–Trinajstić information content (AvgIpc) is 2.82. The number of amides is 2. The lowest BCUT2D eigenvalue weighted by atomic mass is 9.95. The van der Waals surface area contributed by atoms with Gasteiger partial charge in [0.25, 0.3) is 5.91 Å². The molecule has 6 nitrogen and oxygen atoms in total. The second kappa shape index (κ2) is 11.5. The van der Waals surface area contributed by atoms with E-state index in [2.05, 4.69) is 5.32 Å². The van der Waals surface area contributed by atoms with Gasteiger partial charge in [-0.2, -0.15) is 0 Å². The fourth-order valence-corrected chi connectivity index (χ4v) is 3.88. The van der Waals surface area contributed by atoms with Crippen molar-refractivity contribution in [2.45, 2.75) is 57.7 Å². The van der Waals surface area contributed by atoms with Gasteiger partial charge in [0, 0.05) is 12.6 Å². The third-order valence-corrected chi connectivity index (χ3v) is 5.78. The molecule has 0 bridgehead atoms. The number of hydrogen-bond acceptors (Lipinski definition) is 4. The molecule has 1 atom stereocenters. The Morgan fingerprint density at radius 3 is 2.50 bits per heavy atom. The molecule has 0 radical (unpaired) electrons. The van der Waals surface area contributed by atoms with Crippen LogP contribution < -0.4 is 14.8 Å². The molecule has 2 aromatic rings. The quantitative estimate of drug-likeness (QED) is 0.636. The largest absolute Gasteiger partial charge is 0.497 e. The Morgan fingerprint density at radius 1 is 1.09 bits per heavy atom. The van der Waals surface area contributed by atoms with Crippen LogP contribution in [0.4, 0.5) is 4.39 Å². The standard InChI is InChI=1S/C25H31FN2O4/c1-18(25(30)27-21-8-4-3-5-9-21)28(16-19-7-6-10-23(15-19)31-2)24(29)17-32-22-13-11-20(26)12-14-22/h6-7,10-15,18,21H,3-5,8-9,16-17H2,1-2H3,(H,27,30)/t18-/m1/s1. The summed E-state index contributed by atoms with van der Waals surface area (Å²) in [5.41, 5.74) is 0.844. The number of carbonyl (C=O) groups excluding carboxylic acids is 2. The number of carbonyl (C=O) groups is 2. The first-order valence-corrected chi connectivity index (χ1v) is 11.1. The highest BCUT2D eigenvalue weighted by atomic mass is 19.1. The van der Waals surface area contributed by atoms with Crippen molar-refractivity contribution in [2.24, 2.45) is 0 Å². The van der Waals surface area contributed by atoms with E-state index in [1.54, 1.807) is 14.0 Å². The van der Waals surface area contributed by atoms with Crippen molar-refractivity contribution >= 4 is 11.8 Å². The van der Waals surface area contributed by atoms with E-state index in [0.29, 0.717) is 11.5 Å². The first-order valence-electron chi connectivity index (χ1n) is 11.1. The summed E-state index contributed by atoms with van der Waals surface area (Å²) >= 11 is 0. The van der Waals surface area contributed by atoms with Crippen LogP contribution >= 0.6 is 0 Å². The molecular formula is C25H31FN2O4. The first-order chi connectivity index (χ1) is 15.5. The maximum Gasteiger partial charge on any atom is 0.261 e. The van der Waals surface area contributed by atoms with E-state index in [9.17, 15) is 14.0 Å². The van der Waals surface area contributed by atoms with E-state index >= 15 is 0 Å². The van der Waals surface area contributed by atoms with Gasteiger partial charge in [-0.1, -0.05) is 31.4 Å². The van der Waals surface area contributed by atoms with E-state index in [0.717, 1.165) is 31.2 Å². The lowest BCUT2D eigenvalue weighted by Gasteiger charge is -2.31. The molecule has 2 aromatic carbocycles. The van der Waals surface area contributed by atoms with Crippen LogP contribution in [0.15, 0.2) is 48.5 Å². The summed E-state index contributed by atoms with van der Waals surface area (Å²) in [4.78, 5) is 27.6. The van der Waals surface area contributed by atoms with Crippen molar-refractivity contribution in [3.63, 3.8) is 0 Å². The van der Waals surface area contributed by atoms with Gasteiger partial charge in [-0.15, -0.1) is 0 Å². The summed E-state index contributed by atoms with van der Waals surface area (Å²) < 4.78 is 24.0. The minimum absolute atomic E-state index is 0.155. The second-order valence-corrected chi connectivity index (χ2v) is 8.14. The lowest BCUT2D eigenvalue weighted by Crippen LogP contribution is -2.51. The van der Waals surface area contributed by atoms with Gasteiger partial charge < -0.3 is 19.7 Å². The first kappa shape index (κ1) is 23.6. The number of nitrogens with one attached hydrogen (secondary N) is 1. The van der Waals surface area contributed by atoms with Gasteiger partial charge in [0.15, 0.2) is 6.61 Å². The van der Waals surface area contributed by atoms with Crippen LogP contribution in [0.2, 0.25) is 0 Å². The maximum atomic E-state index is 13.1. The van der Waals surface area contributed by atoms with Crippen molar-refractivity contribution in [3.8, 4) is 11.5 Å². The third kappa shape index (κ3) is 6.70. The maximum absolute atomic E-state index is 13.1. The number of halogens is 1. The molecule has 0 heterocycles. The molecule has 1 N–H and O–H groups in total. The van der Waals surface area contributed by atoms with E-state index in [4.69, 9.17) is 9.47 Å². The van der Waals surface area contributed by atoms with Crippen LogP contribution in [0, 0.1) is 5.82 Å². The fraction of sp³-hybridized carbons (Fsp3) is 0.440. The molecular weight excluding hydrogens is 411 g/mol. The topological polar surface area (TPSA) is 67.9 Å². The van der Waals surface area contributed by atoms with Crippen LogP contribution in [0.5, 0.6) is 11.5 Å². The molecule has 0 unspecified atom stereocenters. The van der Waals surface area contributed by atoms with Crippen molar-refractivity contribution in [3.05, 3.63) is 59.9 Å². The summed E-state index contributed by atoms with van der Waals surface area (Å²) in [6, 6.07) is 12.4. The lowest BCUT2D eigenvalue weighted by molar-refractivity contribution is -0.142. The minimum Gasteiger partial charge on any atom is -0.497 e. The Hall–Kier alpha value is -3.09. The van der Waals surface area contributed by atoms with Gasteiger partial charge in [-0.3, -0.25) is 9.59 Å². The molecule has 1 aliphatic rings. The SMILES string of the molecule is COc1cccc(CN(C(=O)COc2ccc(F)cc2)[C@H](C)C(=O)NC2CCCCC2)c1. The van der Waals surface area contributed by atoms with Gasteiger partial charge >= 0.3 is 0 Å². The van der Waals surface area contributed by atoms with E-state index in [1.807, 2.05) is 24.3 Å². The molecule has 2 amide bonds. The molecule has 0 spiro atoms. The van der Waals surface area contributed by atoms with Crippen LogP contribution in [-0.2, 0) is 16.1 Å². The summed E-state index contributed by atoms with van der Waals surface area (Å²) in [6.45, 7) is 1.72. The Morgan fingerprint density at radius 2 is 1.81 bits per heavy atom. The highest BCUT2D eigenvalue weighted by Gasteiger charge is 2.28. The molecule has 0 aliphatic heterocycles. The normalized spacial score (nSPS) is 15.0. The van der Waals surface area contributed by atoms with Gasteiger partial charge in [0.05, 0.1) is 7.11 Å². The Labute approximate surface area is 188 Å². The van der Waals surface area contributed by atoms with Crippen LogP contribution in [0.3, 0.4) is 0 Å². The molecule has 1 aliphatic carbocycles. The zero-order valence-corrected chi connectivity index (χ0v) is 18.7. The zero-order chi connectivity index (χ0) is 22.9. The van der Waals surface area contributed by atoms with Crippen LogP contribution in [0.25, 0.3) is 0 Å². The van der Waals surface area contributed by atoms with E-state index < -0.39 is 6.04 Å². The number of hydrogen-bond donors (Lipinski definition) is 1. The van der Waals surface area contributed by atoms with Crippen LogP contribution in [0.1, 0.15) is 44.6 Å². The second-order valence-electron chi connectivity index (χ2n) is 8.14. The summed E-state index contributed by atoms with van der Waals surface area (Å²) in [6.07, 6.45) is 5.35. The summed E-state index contributed by atoms with van der Waals surface area (Å²) in [5, 5.41) is 3.10. The molecule has 3 rings (SSSR count). The fourth-order valence-electron chi connectivity index (χ4n) is 3.88. The number of nitrogens with zero attached hydrogens (tertiary/aromatic N) is 1. The molecule has 1 saturated carbocycles. The third-order valence-electron chi connectivity index (χ3n) is 5.78. The van der Waals surface area contributed by atoms with E-state index in [-0.39, 0.29) is 36.8 Å². The molecule has 7 heteroatoms. The molecule has 0 saturated heterocycles. The Bertz CT molecular complexity index is 897. The van der Waals surface area contributed by atoms with Gasteiger partial charge in [-0.25, -0.2) is 4.39 Å². The van der Waals surface area contributed by atoms with Gasteiger partial charge in [0.2, 0.25) is 5.91 Å². The Kier molecular flexibility index (Phi) is 8.48. The smallest absolute Gasteiger partial charge is 0.261 e. The number of methoxy groups -OCH3 is 1. The molecule has 32 heavy (non-hydrogen) atoms. The minimum atomic E-state index is -0.674. The Balaban J connectivity index is 1.71. The van der Waals surface area contributed by atoms with Crippen molar-refractivity contribution in [1.29, 1.82) is 0 Å². The summed E-state index contributed by atoms with van der Waals surface area (Å²) in [5.74, 6) is 0.187. The van der Waals surface area contributed by atoms with Crippen molar-refractivity contribution in [2.75, 3.05) is 13.7 Å². The van der Waals surface area contributed by atoms with Gasteiger partial charge in [-0.05, 0) is 61.7 Å². The molecule has 0 aromatic heterocycles. The highest BCUT2D eigenvalue weighted by Crippen LogP contribution is 2.19. The molecule has 1 fully saturated rings. The number of rotatable bonds is 9. The number of ether oxygens (including phenoxy) is 2. The predicted octanol–water partition coefficient (Wildman–Crippen LogP) is 4.08. The molecule has 172 valence electrons. The van der Waals surface area contributed by atoms with Crippen molar-refractivity contribution < 1.29 is 23.5 Å². The predicted molar refractivity (Wildman–Crippen MR) is 120 cm³/mol. The van der Waals surface area contributed by atoms with Crippen molar-refractivity contribution in [1.82, 2.24) is 10.2 Å². The number of benzene rings is 2. The monoisotopic (exact) mass is 442 g/mol. The highest BCUT2D eigenvalue weighted by molar-refractivity contribution is 5.88. The van der Waals surface area contributed by atoms with Gasteiger partial charge in [0.1, 0.15) is 23.4 Å². The summed E-state index contributed by atoms with van der Waals surface area (Å²) in [7, 11) is 1.58. The zero-order valence-electron chi connectivity index (χ0n) is 18.7. The van der Waals surface area contributed by atoms with E-state index in [1.165, 1.54) is 35.6 Å².